The number of carboxylic acid groups (broad SMARTS) is 1. The average molecular weight is 188 g/mol. The van der Waals surface area contributed by atoms with Gasteiger partial charge in [-0.05, 0) is 6.07 Å². The van der Waals surface area contributed by atoms with Gasteiger partial charge in [0.05, 0.1) is 11.4 Å². The van der Waals surface area contributed by atoms with E-state index in [4.69, 9.17) is 16.7 Å². The molecule has 1 heterocycles. The first kappa shape index (κ1) is 8.80. The molecular weight excluding hydrogens is 182 g/mol. The molecule has 0 aliphatic carbocycles. The number of aliphatic carboxylic acids is 1. The fourth-order valence-electron chi connectivity index (χ4n) is 0.795. The molecule has 0 bridgehead atoms. The second-order valence-electron chi connectivity index (χ2n) is 2.24. The lowest BCUT2D eigenvalue weighted by Gasteiger charge is -1.95. The molecule has 0 radical (unpaired) electrons. The minimum absolute atomic E-state index is 0.162. The van der Waals surface area contributed by atoms with Crippen molar-refractivity contribution in [3.05, 3.63) is 33.2 Å². The molecule has 12 heavy (non-hydrogen) atoms. The molecule has 4 nitrogen and oxygen atoms in total. The van der Waals surface area contributed by atoms with Gasteiger partial charge in [-0.25, -0.2) is 0 Å². The summed E-state index contributed by atoms with van der Waals surface area (Å²) in [6.45, 7) is 0. The van der Waals surface area contributed by atoms with Gasteiger partial charge in [0.25, 0.3) is 5.56 Å². The van der Waals surface area contributed by atoms with Crippen molar-refractivity contribution in [2.24, 2.45) is 0 Å². The molecule has 2 N–H and O–H groups in total. The van der Waals surface area contributed by atoms with Crippen molar-refractivity contribution in [1.29, 1.82) is 0 Å². The highest BCUT2D eigenvalue weighted by atomic mass is 35.5. The van der Waals surface area contributed by atoms with Gasteiger partial charge in [0.1, 0.15) is 0 Å². The molecule has 1 rings (SSSR count). The van der Waals surface area contributed by atoms with Crippen LogP contribution in [0.5, 0.6) is 0 Å². The predicted molar refractivity (Wildman–Crippen MR) is 43.4 cm³/mol. The third kappa shape index (κ3) is 2.10. The van der Waals surface area contributed by atoms with Gasteiger partial charge in [-0.1, -0.05) is 11.6 Å². The SMILES string of the molecule is O=C(O)Cc1cc(Cl)c[nH]c1=O. The lowest BCUT2D eigenvalue weighted by molar-refractivity contribution is -0.136. The summed E-state index contributed by atoms with van der Waals surface area (Å²) in [4.78, 5) is 23.5. The Morgan fingerprint density at radius 1 is 1.67 bits per heavy atom. The topological polar surface area (TPSA) is 70.2 Å². The van der Waals surface area contributed by atoms with Crippen molar-refractivity contribution in [2.75, 3.05) is 0 Å². The van der Waals surface area contributed by atoms with E-state index in [-0.39, 0.29) is 12.0 Å². The fourth-order valence-corrected chi connectivity index (χ4v) is 0.981. The van der Waals surface area contributed by atoms with Crippen LogP contribution in [0.2, 0.25) is 5.02 Å². The molecule has 0 saturated carbocycles. The van der Waals surface area contributed by atoms with Crippen LogP contribution in [0.3, 0.4) is 0 Å². The van der Waals surface area contributed by atoms with Crippen LogP contribution in [-0.2, 0) is 11.2 Å². The molecular formula is C7H6ClNO3. The molecule has 0 aliphatic heterocycles. The number of aromatic nitrogens is 1. The molecule has 1 aromatic rings. The molecule has 0 unspecified atom stereocenters. The minimum Gasteiger partial charge on any atom is -0.481 e. The number of carbonyl (C=O) groups is 1. The number of H-pyrrole nitrogens is 1. The zero-order chi connectivity index (χ0) is 9.14. The second kappa shape index (κ2) is 3.40. The maximum atomic E-state index is 10.9. The van der Waals surface area contributed by atoms with E-state index in [1.54, 1.807) is 0 Å². The molecule has 0 atom stereocenters. The maximum Gasteiger partial charge on any atom is 0.308 e. The molecule has 0 spiro atoms. The number of rotatable bonds is 2. The first-order valence-corrected chi connectivity index (χ1v) is 3.56. The second-order valence-corrected chi connectivity index (χ2v) is 2.68. The zero-order valence-electron chi connectivity index (χ0n) is 6.00. The Balaban J connectivity index is 3.06. The summed E-state index contributed by atoms with van der Waals surface area (Å²) < 4.78 is 0. The van der Waals surface area contributed by atoms with E-state index in [0.717, 1.165) is 0 Å². The normalized spacial score (nSPS) is 9.75. The van der Waals surface area contributed by atoms with Gasteiger partial charge < -0.3 is 10.1 Å². The lowest BCUT2D eigenvalue weighted by atomic mass is 10.2. The summed E-state index contributed by atoms with van der Waals surface area (Å²) in [6.07, 6.45) is 1.01. The van der Waals surface area contributed by atoms with Gasteiger partial charge in [-0.2, -0.15) is 0 Å². The summed E-state index contributed by atoms with van der Waals surface area (Å²) in [6, 6.07) is 1.34. The van der Waals surface area contributed by atoms with Gasteiger partial charge in [-0.3, -0.25) is 9.59 Å². The Labute approximate surface area is 72.8 Å². The van der Waals surface area contributed by atoms with Crippen LogP contribution >= 0.6 is 11.6 Å². The van der Waals surface area contributed by atoms with Crippen LogP contribution in [0.15, 0.2) is 17.1 Å². The number of aromatic amines is 1. The molecule has 5 heteroatoms. The summed E-state index contributed by atoms with van der Waals surface area (Å²) in [7, 11) is 0. The van der Waals surface area contributed by atoms with Gasteiger partial charge >= 0.3 is 5.97 Å². The van der Waals surface area contributed by atoms with Crippen LogP contribution in [0.1, 0.15) is 5.56 Å². The number of carboxylic acids is 1. The van der Waals surface area contributed by atoms with Crippen LogP contribution in [0, 0.1) is 0 Å². The maximum absolute atomic E-state index is 10.9. The highest BCUT2D eigenvalue weighted by Crippen LogP contribution is 2.05. The third-order valence-electron chi connectivity index (χ3n) is 1.29. The zero-order valence-corrected chi connectivity index (χ0v) is 6.76. The van der Waals surface area contributed by atoms with E-state index >= 15 is 0 Å². The summed E-state index contributed by atoms with van der Waals surface area (Å²) in [5.41, 5.74) is -0.253. The molecule has 0 fully saturated rings. The van der Waals surface area contributed by atoms with E-state index in [1.807, 2.05) is 0 Å². The van der Waals surface area contributed by atoms with Crippen molar-refractivity contribution in [3.8, 4) is 0 Å². The van der Waals surface area contributed by atoms with Gasteiger partial charge in [0.15, 0.2) is 0 Å². The number of halogens is 1. The largest absolute Gasteiger partial charge is 0.481 e. The Kier molecular flexibility index (Phi) is 2.50. The van der Waals surface area contributed by atoms with E-state index < -0.39 is 11.5 Å². The summed E-state index contributed by atoms with van der Waals surface area (Å²) in [5.74, 6) is -1.05. The van der Waals surface area contributed by atoms with Crippen LogP contribution in [0.4, 0.5) is 0 Å². The lowest BCUT2D eigenvalue weighted by Crippen LogP contribution is -2.15. The first-order valence-electron chi connectivity index (χ1n) is 3.18. The van der Waals surface area contributed by atoms with Crippen molar-refractivity contribution in [1.82, 2.24) is 4.98 Å². The molecule has 1 aromatic heterocycles. The number of pyridine rings is 1. The predicted octanol–water partition coefficient (Wildman–Crippen LogP) is 0.655. The summed E-state index contributed by atoms with van der Waals surface area (Å²) >= 11 is 5.54. The van der Waals surface area contributed by atoms with E-state index in [1.165, 1.54) is 12.3 Å². The smallest absolute Gasteiger partial charge is 0.308 e. The molecule has 0 aromatic carbocycles. The standard InChI is InChI=1S/C7H6ClNO3/c8-5-1-4(2-6(10)11)7(12)9-3-5/h1,3H,2H2,(H,9,12)(H,10,11). The van der Waals surface area contributed by atoms with E-state index in [2.05, 4.69) is 4.98 Å². The quantitative estimate of drug-likeness (QED) is 0.715. The Morgan fingerprint density at radius 2 is 2.33 bits per heavy atom. The summed E-state index contributed by atoms with van der Waals surface area (Å²) in [5, 5.41) is 8.71. The molecule has 0 aliphatic rings. The van der Waals surface area contributed by atoms with Gasteiger partial charge in [-0.15, -0.1) is 0 Å². The van der Waals surface area contributed by atoms with E-state index in [9.17, 15) is 9.59 Å². The van der Waals surface area contributed by atoms with Gasteiger partial charge in [0.2, 0.25) is 0 Å². The van der Waals surface area contributed by atoms with Crippen molar-refractivity contribution < 1.29 is 9.90 Å². The Morgan fingerprint density at radius 3 is 2.92 bits per heavy atom. The first-order chi connectivity index (χ1) is 5.59. The van der Waals surface area contributed by atoms with Crippen LogP contribution in [-0.4, -0.2) is 16.1 Å². The number of hydrogen-bond acceptors (Lipinski definition) is 2. The number of hydrogen-bond donors (Lipinski definition) is 2. The van der Waals surface area contributed by atoms with Crippen molar-refractivity contribution in [2.45, 2.75) is 6.42 Å². The van der Waals surface area contributed by atoms with Crippen molar-refractivity contribution in [3.63, 3.8) is 0 Å². The van der Waals surface area contributed by atoms with Crippen molar-refractivity contribution >= 4 is 17.6 Å². The third-order valence-corrected chi connectivity index (χ3v) is 1.50. The molecule has 64 valence electrons. The Bertz CT molecular complexity index is 358. The minimum atomic E-state index is -1.05. The monoisotopic (exact) mass is 187 g/mol. The fraction of sp³-hybridized carbons (Fsp3) is 0.143. The number of nitrogens with one attached hydrogen (secondary N) is 1. The Hall–Kier alpha value is -1.29. The molecule has 0 saturated heterocycles. The van der Waals surface area contributed by atoms with Crippen LogP contribution in [0.25, 0.3) is 0 Å². The molecule has 0 amide bonds. The average Bonchev–Trinajstić information content (AvgIpc) is 1.96. The van der Waals surface area contributed by atoms with Gasteiger partial charge in [0, 0.05) is 11.8 Å². The van der Waals surface area contributed by atoms with E-state index in [0.29, 0.717) is 5.02 Å². The highest BCUT2D eigenvalue weighted by molar-refractivity contribution is 6.30. The van der Waals surface area contributed by atoms with Crippen LogP contribution < -0.4 is 5.56 Å². The highest BCUT2D eigenvalue weighted by Gasteiger charge is 2.04.